The fourth-order valence-electron chi connectivity index (χ4n) is 2.22. The maximum Gasteiger partial charge on any atom is 0.244 e. The van der Waals surface area contributed by atoms with Gasteiger partial charge in [-0.3, -0.25) is 9.59 Å². The van der Waals surface area contributed by atoms with Gasteiger partial charge in [0.15, 0.2) is 0 Å². The molecule has 7 heteroatoms. The molecule has 0 radical (unpaired) electrons. The van der Waals surface area contributed by atoms with Gasteiger partial charge in [0, 0.05) is 25.4 Å². The summed E-state index contributed by atoms with van der Waals surface area (Å²) in [7, 11) is 0. The lowest BCUT2D eigenvalue weighted by atomic mass is 10.2. The first-order chi connectivity index (χ1) is 13.1. The summed E-state index contributed by atoms with van der Waals surface area (Å²) in [5.74, 6) is -0.159. The number of hydrogen-bond donors (Lipinski definition) is 3. The summed E-state index contributed by atoms with van der Waals surface area (Å²) in [6.45, 7) is 2.36. The number of aromatic nitrogens is 1. The Morgan fingerprint density at radius 1 is 1.19 bits per heavy atom. The lowest BCUT2D eigenvalue weighted by Crippen LogP contribution is -2.45. The van der Waals surface area contributed by atoms with Crippen molar-refractivity contribution in [3.05, 3.63) is 65.9 Å². The SMILES string of the molecule is CC(NC(=O)C=Cc1ccccc1)C(=O)NCCNc1ncccc1C#N. The maximum absolute atomic E-state index is 12.0. The van der Waals surface area contributed by atoms with E-state index in [1.165, 1.54) is 6.08 Å². The van der Waals surface area contributed by atoms with Crippen LogP contribution < -0.4 is 16.0 Å². The third kappa shape index (κ3) is 6.63. The largest absolute Gasteiger partial charge is 0.367 e. The van der Waals surface area contributed by atoms with Crippen LogP contribution in [-0.2, 0) is 9.59 Å². The van der Waals surface area contributed by atoms with Gasteiger partial charge in [-0.05, 0) is 30.7 Å². The molecule has 2 aromatic rings. The van der Waals surface area contributed by atoms with Crippen molar-refractivity contribution in [2.45, 2.75) is 13.0 Å². The molecule has 1 unspecified atom stereocenters. The highest BCUT2D eigenvalue weighted by atomic mass is 16.2. The summed E-state index contributed by atoms with van der Waals surface area (Å²) in [6, 6.07) is 14.1. The van der Waals surface area contributed by atoms with Crippen molar-refractivity contribution in [1.82, 2.24) is 15.6 Å². The Bertz CT molecular complexity index is 843. The molecule has 0 fully saturated rings. The number of nitrogens with zero attached hydrogens (tertiary/aromatic N) is 2. The molecule has 27 heavy (non-hydrogen) atoms. The first-order valence-electron chi connectivity index (χ1n) is 8.50. The molecule has 2 rings (SSSR count). The number of nitrogens with one attached hydrogen (secondary N) is 3. The summed E-state index contributed by atoms with van der Waals surface area (Å²) in [5, 5.41) is 17.3. The van der Waals surface area contributed by atoms with Gasteiger partial charge in [0.25, 0.3) is 0 Å². The molecule has 7 nitrogen and oxygen atoms in total. The van der Waals surface area contributed by atoms with E-state index in [-0.39, 0.29) is 11.8 Å². The quantitative estimate of drug-likeness (QED) is 0.489. The number of pyridine rings is 1. The van der Waals surface area contributed by atoms with Gasteiger partial charge in [0.1, 0.15) is 17.9 Å². The van der Waals surface area contributed by atoms with E-state index in [0.717, 1.165) is 5.56 Å². The van der Waals surface area contributed by atoms with E-state index in [9.17, 15) is 9.59 Å². The zero-order chi connectivity index (χ0) is 19.5. The summed E-state index contributed by atoms with van der Waals surface area (Å²) in [4.78, 5) is 28.0. The van der Waals surface area contributed by atoms with E-state index in [0.29, 0.717) is 24.5 Å². The number of rotatable bonds is 8. The van der Waals surface area contributed by atoms with E-state index < -0.39 is 6.04 Å². The lowest BCUT2D eigenvalue weighted by Gasteiger charge is -2.13. The smallest absolute Gasteiger partial charge is 0.244 e. The molecule has 1 aromatic heterocycles. The summed E-state index contributed by atoms with van der Waals surface area (Å²) in [6.07, 6.45) is 4.66. The maximum atomic E-state index is 12.0. The van der Waals surface area contributed by atoms with E-state index in [1.54, 1.807) is 31.3 Å². The van der Waals surface area contributed by atoms with Crippen molar-refractivity contribution in [2.24, 2.45) is 0 Å². The standard InChI is InChI=1S/C20H21N5O2/c1-15(25-18(26)10-9-16-6-3-2-4-7-16)20(27)24-13-12-23-19-17(14-21)8-5-11-22-19/h2-11,15H,12-13H2,1H3,(H,22,23)(H,24,27)(H,25,26). The van der Waals surface area contributed by atoms with Crippen LogP contribution in [0, 0.1) is 11.3 Å². The topological polar surface area (TPSA) is 107 Å². The number of hydrogen-bond acceptors (Lipinski definition) is 5. The predicted molar refractivity (Wildman–Crippen MR) is 104 cm³/mol. The minimum absolute atomic E-state index is 0.292. The highest BCUT2D eigenvalue weighted by Gasteiger charge is 2.13. The zero-order valence-electron chi connectivity index (χ0n) is 15.0. The lowest BCUT2D eigenvalue weighted by molar-refractivity contribution is -0.126. The summed E-state index contributed by atoms with van der Waals surface area (Å²) < 4.78 is 0. The van der Waals surface area contributed by atoms with Crippen molar-refractivity contribution < 1.29 is 9.59 Å². The third-order valence-electron chi connectivity index (χ3n) is 3.62. The molecule has 0 aliphatic heterocycles. The van der Waals surface area contributed by atoms with Crippen LogP contribution in [-0.4, -0.2) is 35.9 Å². The van der Waals surface area contributed by atoms with Gasteiger partial charge < -0.3 is 16.0 Å². The monoisotopic (exact) mass is 363 g/mol. The second kappa shape index (κ2) is 10.4. The number of amides is 2. The molecule has 0 spiro atoms. The molecule has 138 valence electrons. The molecule has 1 aromatic carbocycles. The molecule has 0 saturated heterocycles. The molecular formula is C20H21N5O2. The van der Waals surface area contributed by atoms with Gasteiger partial charge >= 0.3 is 0 Å². The number of nitriles is 1. The van der Waals surface area contributed by atoms with Crippen molar-refractivity contribution in [1.29, 1.82) is 5.26 Å². The molecule has 0 aliphatic carbocycles. The van der Waals surface area contributed by atoms with E-state index in [1.807, 2.05) is 36.4 Å². The average Bonchev–Trinajstić information content (AvgIpc) is 2.70. The Balaban J connectivity index is 1.71. The van der Waals surface area contributed by atoms with Crippen LogP contribution in [0.1, 0.15) is 18.1 Å². The minimum atomic E-state index is -0.664. The minimum Gasteiger partial charge on any atom is -0.367 e. The van der Waals surface area contributed by atoms with Crippen LogP contribution in [0.15, 0.2) is 54.7 Å². The summed E-state index contributed by atoms with van der Waals surface area (Å²) in [5.41, 5.74) is 1.34. The highest BCUT2D eigenvalue weighted by Crippen LogP contribution is 2.08. The normalized spacial score (nSPS) is 11.4. The van der Waals surface area contributed by atoms with E-state index >= 15 is 0 Å². The van der Waals surface area contributed by atoms with E-state index in [4.69, 9.17) is 5.26 Å². The first-order valence-corrected chi connectivity index (χ1v) is 8.50. The average molecular weight is 363 g/mol. The predicted octanol–water partition coefficient (Wildman–Crippen LogP) is 1.70. The van der Waals surface area contributed by atoms with Gasteiger partial charge in [-0.25, -0.2) is 4.98 Å². The third-order valence-corrected chi connectivity index (χ3v) is 3.62. The Morgan fingerprint density at radius 2 is 1.96 bits per heavy atom. The molecule has 0 saturated carbocycles. The number of carbonyl (C=O) groups excluding carboxylic acids is 2. The fourth-order valence-corrected chi connectivity index (χ4v) is 2.22. The van der Waals surface area contributed by atoms with Crippen LogP contribution in [0.4, 0.5) is 5.82 Å². The number of anilines is 1. The Morgan fingerprint density at radius 3 is 2.70 bits per heavy atom. The van der Waals surface area contributed by atoms with Crippen LogP contribution in [0.2, 0.25) is 0 Å². The van der Waals surface area contributed by atoms with Crippen molar-refractivity contribution in [3.8, 4) is 6.07 Å². The number of benzene rings is 1. The van der Waals surface area contributed by atoms with Crippen molar-refractivity contribution in [3.63, 3.8) is 0 Å². The molecule has 1 atom stereocenters. The Kier molecular flexibility index (Phi) is 7.54. The Hall–Kier alpha value is -3.66. The van der Waals surface area contributed by atoms with Crippen LogP contribution in [0.5, 0.6) is 0 Å². The van der Waals surface area contributed by atoms with Crippen LogP contribution in [0.3, 0.4) is 0 Å². The van der Waals surface area contributed by atoms with Gasteiger partial charge in [-0.15, -0.1) is 0 Å². The summed E-state index contributed by atoms with van der Waals surface area (Å²) >= 11 is 0. The molecule has 1 heterocycles. The zero-order valence-corrected chi connectivity index (χ0v) is 15.0. The van der Waals surface area contributed by atoms with Crippen molar-refractivity contribution >= 4 is 23.7 Å². The van der Waals surface area contributed by atoms with Gasteiger partial charge in [-0.1, -0.05) is 30.3 Å². The molecule has 2 amide bonds. The first kappa shape index (κ1) is 19.7. The fraction of sp³-hybridized carbons (Fsp3) is 0.200. The van der Waals surface area contributed by atoms with Gasteiger partial charge in [0.05, 0.1) is 5.56 Å². The van der Waals surface area contributed by atoms with Gasteiger partial charge in [-0.2, -0.15) is 5.26 Å². The molecule has 3 N–H and O–H groups in total. The van der Waals surface area contributed by atoms with Gasteiger partial charge in [0.2, 0.25) is 11.8 Å². The van der Waals surface area contributed by atoms with Crippen LogP contribution >= 0.6 is 0 Å². The second-order valence-electron chi connectivity index (χ2n) is 5.70. The highest BCUT2D eigenvalue weighted by molar-refractivity contribution is 5.95. The molecule has 0 aliphatic rings. The Labute approximate surface area is 158 Å². The molecule has 0 bridgehead atoms. The van der Waals surface area contributed by atoms with E-state index in [2.05, 4.69) is 20.9 Å². The number of carbonyl (C=O) groups is 2. The van der Waals surface area contributed by atoms with Crippen molar-refractivity contribution in [2.75, 3.05) is 18.4 Å². The second-order valence-corrected chi connectivity index (χ2v) is 5.70. The van der Waals surface area contributed by atoms with Crippen LogP contribution in [0.25, 0.3) is 6.08 Å². The molecular weight excluding hydrogens is 342 g/mol.